The Bertz CT molecular complexity index is 326. The third-order valence-electron chi connectivity index (χ3n) is 2.57. The van der Waals surface area contributed by atoms with Crippen LogP contribution in [0, 0.1) is 5.82 Å². The number of hydrogen-bond acceptors (Lipinski definition) is 0. The Morgan fingerprint density at radius 3 is 2.75 bits per heavy atom. The second-order valence-electron chi connectivity index (χ2n) is 4.01. The van der Waals surface area contributed by atoms with Crippen LogP contribution in [0.1, 0.15) is 38.2 Å². The molecule has 3 heteroatoms. The summed E-state index contributed by atoms with van der Waals surface area (Å²) in [5.41, 5.74) is 0.811. The maximum Gasteiger partial charge on any atom is 0.126 e. The molecule has 1 atom stereocenters. The lowest BCUT2D eigenvalue weighted by atomic mass is 10.1. The van der Waals surface area contributed by atoms with Gasteiger partial charge < -0.3 is 0 Å². The lowest BCUT2D eigenvalue weighted by Crippen LogP contribution is -1.99. The van der Waals surface area contributed by atoms with E-state index in [1.807, 2.05) is 6.07 Å². The average molecular weight is 352 g/mol. The van der Waals surface area contributed by atoms with Gasteiger partial charge in [-0.15, -0.1) is 0 Å². The highest BCUT2D eigenvalue weighted by molar-refractivity contribution is 9.10. The Labute approximate surface area is 114 Å². The number of benzene rings is 1. The first-order valence-electron chi connectivity index (χ1n) is 5.71. The molecule has 0 radical (unpaired) electrons. The Balaban J connectivity index is 2.39. The molecule has 1 aromatic rings. The van der Waals surface area contributed by atoms with Gasteiger partial charge in [0.1, 0.15) is 5.82 Å². The molecule has 1 aromatic carbocycles. The van der Waals surface area contributed by atoms with E-state index in [1.54, 1.807) is 6.07 Å². The summed E-state index contributed by atoms with van der Waals surface area (Å²) in [6, 6.07) is 5.14. The van der Waals surface area contributed by atoms with E-state index < -0.39 is 0 Å². The minimum Gasteiger partial charge on any atom is -0.207 e. The van der Waals surface area contributed by atoms with Crippen molar-refractivity contribution in [2.45, 2.75) is 43.9 Å². The molecule has 0 aliphatic heterocycles. The summed E-state index contributed by atoms with van der Waals surface area (Å²) in [6.45, 7) is 2.18. The summed E-state index contributed by atoms with van der Waals surface area (Å²) in [4.78, 5) is 0.577. The molecular weight excluding hydrogens is 335 g/mol. The highest BCUT2D eigenvalue weighted by Crippen LogP contribution is 2.20. The van der Waals surface area contributed by atoms with Crippen molar-refractivity contribution in [3.05, 3.63) is 34.1 Å². The predicted molar refractivity (Wildman–Crippen MR) is 74.7 cm³/mol. The van der Waals surface area contributed by atoms with Gasteiger partial charge in [0.25, 0.3) is 0 Å². The molecule has 0 aliphatic rings. The first-order chi connectivity index (χ1) is 7.63. The van der Waals surface area contributed by atoms with Gasteiger partial charge in [-0.3, -0.25) is 0 Å². The van der Waals surface area contributed by atoms with E-state index in [0.29, 0.717) is 4.83 Å². The number of rotatable bonds is 6. The van der Waals surface area contributed by atoms with E-state index >= 15 is 0 Å². The van der Waals surface area contributed by atoms with Crippen LogP contribution >= 0.6 is 31.9 Å². The lowest BCUT2D eigenvalue weighted by Gasteiger charge is -2.08. The van der Waals surface area contributed by atoms with Gasteiger partial charge in [-0.05, 0) is 49.4 Å². The van der Waals surface area contributed by atoms with Crippen LogP contribution < -0.4 is 0 Å². The smallest absolute Gasteiger partial charge is 0.126 e. The Kier molecular flexibility index (Phi) is 6.59. The lowest BCUT2D eigenvalue weighted by molar-refractivity contribution is 0.593. The second-order valence-corrected chi connectivity index (χ2v) is 6.22. The fourth-order valence-electron chi connectivity index (χ4n) is 1.71. The number of halogens is 3. The van der Waals surface area contributed by atoms with Crippen molar-refractivity contribution in [1.82, 2.24) is 0 Å². The molecule has 0 fully saturated rings. The topological polar surface area (TPSA) is 0 Å². The van der Waals surface area contributed by atoms with Crippen LogP contribution in [0.15, 0.2) is 22.7 Å². The van der Waals surface area contributed by atoms with Crippen molar-refractivity contribution in [2.24, 2.45) is 0 Å². The van der Waals surface area contributed by atoms with E-state index in [2.05, 4.69) is 38.8 Å². The molecule has 0 N–H and O–H groups in total. The summed E-state index contributed by atoms with van der Waals surface area (Å²) < 4.78 is 14.4. The van der Waals surface area contributed by atoms with E-state index in [9.17, 15) is 4.39 Å². The van der Waals surface area contributed by atoms with Crippen LogP contribution in [-0.4, -0.2) is 4.83 Å². The number of hydrogen-bond donors (Lipinski definition) is 0. The zero-order valence-electron chi connectivity index (χ0n) is 9.48. The zero-order chi connectivity index (χ0) is 12.0. The molecule has 0 aromatic heterocycles. The fraction of sp³-hybridized carbons (Fsp3) is 0.538. The van der Waals surface area contributed by atoms with Gasteiger partial charge in [-0.1, -0.05) is 45.2 Å². The minimum absolute atomic E-state index is 0.0928. The van der Waals surface area contributed by atoms with E-state index in [4.69, 9.17) is 0 Å². The fourth-order valence-corrected chi connectivity index (χ4v) is 2.90. The maximum absolute atomic E-state index is 13.4. The van der Waals surface area contributed by atoms with Crippen molar-refractivity contribution in [3.8, 4) is 0 Å². The van der Waals surface area contributed by atoms with E-state index in [1.165, 1.54) is 18.9 Å². The third-order valence-corrected chi connectivity index (χ3v) is 3.98. The van der Waals surface area contributed by atoms with Gasteiger partial charge in [0.05, 0.1) is 0 Å². The molecule has 0 heterocycles. The second kappa shape index (κ2) is 7.44. The molecule has 1 rings (SSSR count). The van der Waals surface area contributed by atoms with Crippen molar-refractivity contribution in [1.29, 1.82) is 0 Å². The monoisotopic (exact) mass is 350 g/mol. The Hall–Kier alpha value is 0.110. The maximum atomic E-state index is 13.4. The summed E-state index contributed by atoms with van der Waals surface area (Å²) >= 11 is 7.01. The highest BCUT2D eigenvalue weighted by atomic mass is 79.9. The SMILES string of the molecule is CCCC(Br)CCCc1cc(Br)ccc1F. The van der Waals surface area contributed by atoms with Gasteiger partial charge in [0.15, 0.2) is 0 Å². The molecule has 1 unspecified atom stereocenters. The molecule has 0 aliphatic carbocycles. The van der Waals surface area contributed by atoms with Crippen molar-refractivity contribution in [2.75, 3.05) is 0 Å². The standard InChI is InChI=1S/C13H17Br2F/c1-2-4-11(14)6-3-5-10-9-12(15)7-8-13(10)16/h7-9,11H,2-6H2,1H3. The highest BCUT2D eigenvalue weighted by Gasteiger charge is 2.05. The van der Waals surface area contributed by atoms with E-state index in [-0.39, 0.29) is 5.82 Å². The molecule has 16 heavy (non-hydrogen) atoms. The molecule has 0 saturated heterocycles. The van der Waals surface area contributed by atoms with Crippen LogP contribution in [0.2, 0.25) is 0 Å². The molecule has 0 spiro atoms. The summed E-state index contributed by atoms with van der Waals surface area (Å²) in [5.74, 6) is -0.0928. The van der Waals surface area contributed by atoms with Gasteiger partial charge in [-0.25, -0.2) is 4.39 Å². The van der Waals surface area contributed by atoms with Crippen LogP contribution in [0.4, 0.5) is 4.39 Å². The van der Waals surface area contributed by atoms with Crippen molar-refractivity contribution < 1.29 is 4.39 Å². The van der Waals surface area contributed by atoms with Crippen molar-refractivity contribution in [3.63, 3.8) is 0 Å². The number of aryl methyl sites for hydroxylation is 1. The van der Waals surface area contributed by atoms with E-state index in [0.717, 1.165) is 29.3 Å². The van der Waals surface area contributed by atoms with Crippen molar-refractivity contribution >= 4 is 31.9 Å². The van der Waals surface area contributed by atoms with Gasteiger partial charge in [0, 0.05) is 9.30 Å². The largest absolute Gasteiger partial charge is 0.207 e. The Morgan fingerprint density at radius 1 is 1.31 bits per heavy atom. The molecule has 90 valence electrons. The Morgan fingerprint density at radius 2 is 2.06 bits per heavy atom. The summed E-state index contributed by atoms with van der Waals surface area (Å²) in [7, 11) is 0. The third kappa shape index (κ3) is 4.96. The van der Waals surface area contributed by atoms with Crippen LogP contribution in [-0.2, 0) is 6.42 Å². The number of alkyl halides is 1. The molecule has 0 saturated carbocycles. The minimum atomic E-state index is -0.0928. The summed E-state index contributed by atoms with van der Waals surface area (Å²) in [5, 5.41) is 0. The van der Waals surface area contributed by atoms with Gasteiger partial charge >= 0.3 is 0 Å². The predicted octanol–water partition coefficient (Wildman–Crippen LogP) is 5.47. The quantitative estimate of drug-likeness (QED) is 0.595. The molecule has 0 bridgehead atoms. The van der Waals surface area contributed by atoms with Crippen LogP contribution in [0.3, 0.4) is 0 Å². The van der Waals surface area contributed by atoms with Crippen LogP contribution in [0.5, 0.6) is 0 Å². The summed E-state index contributed by atoms with van der Waals surface area (Å²) in [6.07, 6.45) is 5.35. The zero-order valence-corrected chi connectivity index (χ0v) is 12.7. The first kappa shape index (κ1) is 14.2. The first-order valence-corrected chi connectivity index (χ1v) is 7.42. The molecule has 0 nitrogen and oxygen atoms in total. The van der Waals surface area contributed by atoms with Gasteiger partial charge in [0.2, 0.25) is 0 Å². The molecular formula is C13H17Br2F. The van der Waals surface area contributed by atoms with Crippen LogP contribution in [0.25, 0.3) is 0 Å². The average Bonchev–Trinajstić information content (AvgIpc) is 2.23. The normalized spacial score (nSPS) is 12.8. The van der Waals surface area contributed by atoms with Gasteiger partial charge in [-0.2, -0.15) is 0 Å². The molecule has 0 amide bonds.